The van der Waals surface area contributed by atoms with Gasteiger partial charge in [-0.25, -0.2) is 14.4 Å². The van der Waals surface area contributed by atoms with Gasteiger partial charge in [-0.05, 0) is 25.0 Å². The Morgan fingerprint density at radius 1 is 1.00 bits per heavy atom. The molecule has 0 saturated carbocycles. The molecule has 0 radical (unpaired) electrons. The summed E-state index contributed by atoms with van der Waals surface area (Å²) in [7, 11) is 2.18. The lowest BCUT2D eigenvalue weighted by Gasteiger charge is -2.28. The third-order valence-corrected chi connectivity index (χ3v) is 3.64. The van der Waals surface area contributed by atoms with Gasteiger partial charge in [0.1, 0.15) is 0 Å². The van der Waals surface area contributed by atoms with Crippen molar-refractivity contribution in [3.8, 4) is 0 Å². The number of carbonyl (C=O) groups is 3. The van der Waals surface area contributed by atoms with E-state index in [9.17, 15) is 14.4 Å². The highest BCUT2D eigenvalue weighted by Crippen LogP contribution is 2.25. The maximum atomic E-state index is 12.4. The highest BCUT2D eigenvalue weighted by molar-refractivity contribution is 6.07. The van der Waals surface area contributed by atoms with Gasteiger partial charge >= 0.3 is 23.5 Å². The predicted molar refractivity (Wildman–Crippen MR) is 90.5 cm³/mol. The summed E-state index contributed by atoms with van der Waals surface area (Å²) in [6, 6.07) is 7.98. The molecule has 1 aromatic carbocycles. The molecule has 136 valence electrons. The van der Waals surface area contributed by atoms with Crippen molar-refractivity contribution in [1.29, 1.82) is 5.41 Å². The molecular formula is C18H23NO6. The van der Waals surface area contributed by atoms with Crippen LogP contribution in [0.2, 0.25) is 0 Å². The molecule has 0 amide bonds. The molecule has 7 heteroatoms. The SMILES string of the molecule is CCCC(=N)CCC(OC(=O)c1ccccc1)(C(=O)OC)C(=O)OC. The maximum Gasteiger partial charge on any atom is 0.362 e. The van der Waals surface area contributed by atoms with Crippen molar-refractivity contribution >= 4 is 23.6 Å². The van der Waals surface area contributed by atoms with Crippen LogP contribution in [0.5, 0.6) is 0 Å². The summed E-state index contributed by atoms with van der Waals surface area (Å²) in [6.45, 7) is 1.91. The van der Waals surface area contributed by atoms with Crippen LogP contribution >= 0.6 is 0 Å². The third-order valence-electron chi connectivity index (χ3n) is 3.64. The maximum absolute atomic E-state index is 12.4. The van der Waals surface area contributed by atoms with Crippen molar-refractivity contribution in [2.75, 3.05) is 14.2 Å². The predicted octanol–water partition coefficient (Wildman–Crippen LogP) is 2.53. The Labute approximate surface area is 146 Å². The van der Waals surface area contributed by atoms with Crippen LogP contribution in [0.15, 0.2) is 30.3 Å². The first-order chi connectivity index (χ1) is 11.9. The van der Waals surface area contributed by atoms with Gasteiger partial charge in [0.15, 0.2) is 0 Å². The molecule has 0 bridgehead atoms. The van der Waals surface area contributed by atoms with E-state index in [1.54, 1.807) is 18.2 Å². The van der Waals surface area contributed by atoms with Gasteiger partial charge in [-0.15, -0.1) is 0 Å². The molecule has 0 saturated heterocycles. The zero-order valence-electron chi connectivity index (χ0n) is 14.7. The van der Waals surface area contributed by atoms with Gasteiger partial charge in [0.25, 0.3) is 0 Å². The first kappa shape index (κ1) is 20.3. The van der Waals surface area contributed by atoms with Gasteiger partial charge in [-0.1, -0.05) is 31.5 Å². The van der Waals surface area contributed by atoms with Crippen molar-refractivity contribution in [2.45, 2.75) is 38.2 Å². The van der Waals surface area contributed by atoms with Crippen LogP contribution in [0.1, 0.15) is 43.0 Å². The summed E-state index contributed by atoms with van der Waals surface area (Å²) in [4.78, 5) is 37.0. The highest BCUT2D eigenvalue weighted by Gasteiger charge is 2.52. The first-order valence-corrected chi connectivity index (χ1v) is 7.92. The summed E-state index contributed by atoms with van der Waals surface area (Å²) >= 11 is 0. The summed E-state index contributed by atoms with van der Waals surface area (Å²) in [5.41, 5.74) is -1.71. The van der Waals surface area contributed by atoms with Crippen LogP contribution in [-0.4, -0.2) is 43.4 Å². The van der Waals surface area contributed by atoms with E-state index in [2.05, 4.69) is 9.47 Å². The average Bonchev–Trinajstić information content (AvgIpc) is 2.64. The molecule has 25 heavy (non-hydrogen) atoms. The average molecular weight is 349 g/mol. The van der Waals surface area contributed by atoms with Crippen LogP contribution in [0, 0.1) is 5.41 Å². The zero-order chi connectivity index (χ0) is 18.9. The van der Waals surface area contributed by atoms with Crippen LogP contribution < -0.4 is 0 Å². The molecule has 1 rings (SSSR count). The van der Waals surface area contributed by atoms with Crippen molar-refractivity contribution < 1.29 is 28.6 Å². The van der Waals surface area contributed by atoms with Gasteiger partial charge in [0, 0.05) is 12.1 Å². The summed E-state index contributed by atoms with van der Waals surface area (Å²) in [6.07, 6.45) is 1.15. The van der Waals surface area contributed by atoms with Gasteiger partial charge in [0.2, 0.25) is 0 Å². The smallest absolute Gasteiger partial charge is 0.362 e. The lowest BCUT2D eigenvalue weighted by molar-refractivity contribution is -0.181. The second-order valence-electron chi connectivity index (χ2n) is 5.42. The highest BCUT2D eigenvalue weighted by atomic mass is 16.6. The topological polar surface area (TPSA) is 103 Å². The minimum Gasteiger partial charge on any atom is -0.466 e. The number of rotatable bonds is 9. The molecule has 0 aromatic heterocycles. The van der Waals surface area contributed by atoms with E-state index in [4.69, 9.17) is 10.1 Å². The largest absolute Gasteiger partial charge is 0.466 e. The van der Waals surface area contributed by atoms with Crippen LogP contribution in [-0.2, 0) is 23.8 Å². The fourth-order valence-corrected chi connectivity index (χ4v) is 2.30. The first-order valence-electron chi connectivity index (χ1n) is 7.92. The van der Waals surface area contributed by atoms with Crippen LogP contribution in [0.25, 0.3) is 0 Å². The summed E-state index contributed by atoms with van der Waals surface area (Å²) in [5.74, 6) is -2.92. The number of benzene rings is 1. The summed E-state index contributed by atoms with van der Waals surface area (Å²) < 4.78 is 14.6. The van der Waals surface area contributed by atoms with Gasteiger partial charge in [-0.2, -0.15) is 0 Å². The van der Waals surface area contributed by atoms with Crippen LogP contribution in [0.4, 0.5) is 0 Å². The molecule has 0 aliphatic heterocycles. The fraction of sp³-hybridized carbons (Fsp3) is 0.444. The Morgan fingerprint density at radius 2 is 1.56 bits per heavy atom. The molecule has 0 aliphatic rings. The van der Waals surface area contributed by atoms with Crippen molar-refractivity contribution in [1.82, 2.24) is 0 Å². The van der Waals surface area contributed by atoms with Crippen molar-refractivity contribution in [3.63, 3.8) is 0 Å². The molecule has 0 fully saturated rings. The third kappa shape index (κ3) is 5.14. The second-order valence-corrected chi connectivity index (χ2v) is 5.42. The standard InChI is InChI=1S/C18H23NO6/c1-4-8-14(19)11-12-18(16(21)23-2,17(22)24-3)25-15(20)13-9-6-5-7-10-13/h5-7,9-10,19H,4,8,11-12H2,1-3H3. The molecule has 0 aliphatic carbocycles. The van der Waals surface area contributed by atoms with Crippen LogP contribution in [0.3, 0.4) is 0 Å². The summed E-state index contributed by atoms with van der Waals surface area (Å²) in [5, 5.41) is 7.87. The minimum absolute atomic E-state index is 0.0973. The molecule has 0 heterocycles. The Bertz CT molecular complexity index is 610. The molecule has 7 nitrogen and oxygen atoms in total. The number of nitrogens with one attached hydrogen (secondary N) is 1. The number of hydrogen-bond acceptors (Lipinski definition) is 7. The van der Waals surface area contributed by atoms with E-state index in [0.717, 1.165) is 20.6 Å². The molecule has 0 atom stereocenters. The molecule has 1 N–H and O–H groups in total. The normalized spacial score (nSPS) is 10.7. The number of ether oxygens (including phenoxy) is 3. The molecule has 1 aromatic rings. The lowest BCUT2D eigenvalue weighted by atomic mass is 9.94. The molecular weight excluding hydrogens is 326 g/mol. The van der Waals surface area contributed by atoms with E-state index in [0.29, 0.717) is 12.1 Å². The van der Waals surface area contributed by atoms with E-state index >= 15 is 0 Å². The Morgan fingerprint density at radius 3 is 2.04 bits per heavy atom. The van der Waals surface area contributed by atoms with E-state index in [1.165, 1.54) is 12.1 Å². The number of hydrogen-bond donors (Lipinski definition) is 1. The van der Waals surface area contributed by atoms with E-state index in [1.807, 2.05) is 6.92 Å². The van der Waals surface area contributed by atoms with E-state index < -0.39 is 23.5 Å². The zero-order valence-corrected chi connectivity index (χ0v) is 14.7. The Hall–Kier alpha value is -2.70. The fourth-order valence-electron chi connectivity index (χ4n) is 2.30. The number of esters is 3. The Kier molecular flexibility index (Phi) is 7.78. The van der Waals surface area contributed by atoms with E-state index in [-0.39, 0.29) is 18.4 Å². The van der Waals surface area contributed by atoms with Crippen molar-refractivity contribution in [3.05, 3.63) is 35.9 Å². The number of methoxy groups -OCH3 is 2. The Balaban J connectivity index is 3.14. The van der Waals surface area contributed by atoms with Gasteiger partial charge < -0.3 is 19.6 Å². The molecule has 0 unspecified atom stereocenters. The molecule has 0 spiro atoms. The van der Waals surface area contributed by atoms with Crippen molar-refractivity contribution in [2.24, 2.45) is 0 Å². The monoisotopic (exact) mass is 349 g/mol. The van der Waals surface area contributed by atoms with Gasteiger partial charge in [-0.3, -0.25) is 0 Å². The quantitative estimate of drug-likeness (QED) is 0.318. The second kappa shape index (κ2) is 9.56. The van der Waals surface area contributed by atoms with Gasteiger partial charge in [0.05, 0.1) is 19.8 Å². The lowest BCUT2D eigenvalue weighted by Crippen LogP contribution is -2.52. The number of carbonyl (C=O) groups excluding carboxylic acids is 3. The minimum atomic E-state index is -2.24.